The lowest BCUT2D eigenvalue weighted by atomic mass is 9.96. The fraction of sp³-hybridized carbons (Fsp3) is 0.520. The van der Waals surface area contributed by atoms with Gasteiger partial charge in [-0.1, -0.05) is 12.1 Å². The van der Waals surface area contributed by atoms with Gasteiger partial charge in [-0.05, 0) is 64.9 Å². The van der Waals surface area contributed by atoms with Crippen LogP contribution in [0.25, 0.3) is 11.1 Å². The molecule has 2 aromatic carbocycles. The summed E-state index contributed by atoms with van der Waals surface area (Å²) in [5, 5.41) is 0. The smallest absolute Gasteiger partial charge is 0.188 e. The lowest BCUT2D eigenvalue weighted by molar-refractivity contribution is -0.0400. The molecule has 0 radical (unpaired) electrons. The van der Waals surface area contributed by atoms with E-state index in [9.17, 15) is 0 Å². The molecule has 0 aromatic heterocycles. The van der Waals surface area contributed by atoms with Gasteiger partial charge in [0, 0.05) is 32.5 Å². The first-order chi connectivity index (χ1) is 16.2. The highest BCUT2D eigenvalue weighted by molar-refractivity contribution is 9.10. The fourth-order valence-electron chi connectivity index (χ4n) is 3.78. The van der Waals surface area contributed by atoms with Crippen molar-refractivity contribution in [3.8, 4) is 28.4 Å². The first-order valence-corrected chi connectivity index (χ1v) is 11.9. The predicted octanol–water partition coefficient (Wildman–Crippen LogP) is 5.22. The molecule has 1 aliphatic rings. The molecule has 0 amide bonds. The maximum absolute atomic E-state index is 6.01. The maximum Gasteiger partial charge on any atom is 0.188 e. The molecule has 1 saturated heterocycles. The minimum Gasteiger partial charge on any atom is -0.497 e. The van der Waals surface area contributed by atoms with Crippen LogP contribution in [0.15, 0.2) is 34.8 Å². The Hall–Kier alpha value is -1.84. The zero-order chi connectivity index (χ0) is 23.5. The molecule has 2 aromatic rings. The van der Waals surface area contributed by atoms with Crippen LogP contribution in [-0.4, -0.2) is 60.8 Å². The van der Waals surface area contributed by atoms with Gasteiger partial charge in [-0.25, -0.2) is 0 Å². The standard InChI is InChI=1S/C25H33BrO7/c1-27-16-32-22-14-23(33-17-28-2)25(26)21(10-12-30-15-20-8-4-5-11-31-20)24(22)18-7-6-9-19(13-18)29-3/h6-7,9,13-14,20H,4-5,8,10-12,15-17H2,1-3H3. The third-order valence-corrected chi connectivity index (χ3v) is 6.26. The van der Waals surface area contributed by atoms with Gasteiger partial charge in [0.15, 0.2) is 13.6 Å². The average molecular weight is 525 g/mol. The van der Waals surface area contributed by atoms with E-state index in [1.165, 1.54) is 6.42 Å². The summed E-state index contributed by atoms with van der Waals surface area (Å²) in [7, 11) is 4.83. The monoisotopic (exact) mass is 524 g/mol. The number of methoxy groups -OCH3 is 3. The van der Waals surface area contributed by atoms with Gasteiger partial charge >= 0.3 is 0 Å². The van der Waals surface area contributed by atoms with E-state index in [2.05, 4.69) is 15.9 Å². The van der Waals surface area contributed by atoms with Crippen LogP contribution in [0.1, 0.15) is 24.8 Å². The van der Waals surface area contributed by atoms with Crippen LogP contribution in [0.3, 0.4) is 0 Å². The van der Waals surface area contributed by atoms with Gasteiger partial charge in [-0.2, -0.15) is 0 Å². The summed E-state index contributed by atoms with van der Waals surface area (Å²) in [6.45, 7) is 2.18. The first-order valence-electron chi connectivity index (χ1n) is 11.1. The molecular formula is C25H33BrO7. The van der Waals surface area contributed by atoms with Crippen molar-refractivity contribution in [1.29, 1.82) is 0 Å². The molecule has 1 unspecified atom stereocenters. The molecule has 33 heavy (non-hydrogen) atoms. The Morgan fingerprint density at radius 1 is 1.00 bits per heavy atom. The highest BCUT2D eigenvalue weighted by Crippen LogP contribution is 2.44. The van der Waals surface area contributed by atoms with E-state index in [0.29, 0.717) is 31.1 Å². The summed E-state index contributed by atoms with van der Waals surface area (Å²) in [5.41, 5.74) is 2.90. The highest BCUT2D eigenvalue weighted by Gasteiger charge is 2.21. The van der Waals surface area contributed by atoms with Crippen LogP contribution >= 0.6 is 15.9 Å². The quantitative estimate of drug-likeness (QED) is 0.263. The van der Waals surface area contributed by atoms with E-state index in [0.717, 1.165) is 46.4 Å². The summed E-state index contributed by atoms with van der Waals surface area (Å²) in [4.78, 5) is 0. The number of benzene rings is 2. The Balaban J connectivity index is 1.92. The summed E-state index contributed by atoms with van der Waals surface area (Å²) in [6.07, 6.45) is 4.20. The van der Waals surface area contributed by atoms with E-state index in [1.54, 1.807) is 21.3 Å². The minimum absolute atomic E-state index is 0.108. The van der Waals surface area contributed by atoms with Crippen LogP contribution in [-0.2, 0) is 25.4 Å². The van der Waals surface area contributed by atoms with Gasteiger partial charge in [0.05, 0.1) is 30.9 Å². The van der Waals surface area contributed by atoms with Gasteiger partial charge in [0.25, 0.3) is 0 Å². The zero-order valence-corrected chi connectivity index (χ0v) is 21.1. The van der Waals surface area contributed by atoms with Gasteiger partial charge in [-0.15, -0.1) is 0 Å². The third-order valence-electron chi connectivity index (χ3n) is 5.39. The van der Waals surface area contributed by atoms with Crippen molar-refractivity contribution in [2.75, 3.05) is 54.7 Å². The number of halogens is 1. The van der Waals surface area contributed by atoms with Crippen molar-refractivity contribution < 1.29 is 33.2 Å². The third kappa shape index (κ3) is 7.32. The van der Waals surface area contributed by atoms with Gasteiger partial charge in [0.1, 0.15) is 17.2 Å². The Labute approximate surface area is 204 Å². The van der Waals surface area contributed by atoms with Crippen molar-refractivity contribution in [2.45, 2.75) is 31.8 Å². The lowest BCUT2D eigenvalue weighted by Crippen LogP contribution is -2.24. The largest absolute Gasteiger partial charge is 0.497 e. The SMILES string of the molecule is COCOc1cc(OCOC)c(-c2cccc(OC)c2)c(CCOCC2CCCCO2)c1Br. The van der Waals surface area contributed by atoms with Crippen molar-refractivity contribution in [2.24, 2.45) is 0 Å². The predicted molar refractivity (Wildman–Crippen MR) is 129 cm³/mol. The molecule has 1 aliphatic heterocycles. The fourth-order valence-corrected chi connectivity index (χ4v) is 4.41. The molecule has 0 bridgehead atoms. The van der Waals surface area contributed by atoms with Crippen molar-refractivity contribution in [3.63, 3.8) is 0 Å². The van der Waals surface area contributed by atoms with E-state index in [4.69, 9.17) is 33.2 Å². The van der Waals surface area contributed by atoms with Gasteiger partial charge in [0.2, 0.25) is 0 Å². The van der Waals surface area contributed by atoms with E-state index in [-0.39, 0.29) is 19.7 Å². The second-order valence-electron chi connectivity index (χ2n) is 7.69. The molecule has 0 aliphatic carbocycles. The van der Waals surface area contributed by atoms with Crippen molar-refractivity contribution in [1.82, 2.24) is 0 Å². The second kappa shape index (κ2) is 13.8. The minimum atomic E-state index is 0.108. The van der Waals surface area contributed by atoms with E-state index >= 15 is 0 Å². The normalized spacial score (nSPS) is 15.9. The van der Waals surface area contributed by atoms with Gasteiger partial charge in [-0.3, -0.25) is 0 Å². The average Bonchev–Trinajstić information content (AvgIpc) is 2.86. The summed E-state index contributed by atoms with van der Waals surface area (Å²) >= 11 is 3.75. The first kappa shape index (κ1) is 25.8. The number of ether oxygens (including phenoxy) is 7. The molecule has 8 heteroatoms. The molecule has 1 fully saturated rings. The molecule has 1 atom stereocenters. The Kier molecular flexibility index (Phi) is 10.8. The van der Waals surface area contributed by atoms with Gasteiger partial charge < -0.3 is 33.2 Å². The highest BCUT2D eigenvalue weighted by atomic mass is 79.9. The topological polar surface area (TPSA) is 64.6 Å². The lowest BCUT2D eigenvalue weighted by Gasteiger charge is -2.23. The van der Waals surface area contributed by atoms with Crippen molar-refractivity contribution >= 4 is 15.9 Å². The molecule has 0 saturated carbocycles. The van der Waals surface area contributed by atoms with E-state index < -0.39 is 0 Å². The molecule has 1 heterocycles. The summed E-state index contributed by atoms with van der Waals surface area (Å²) < 4.78 is 40.1. The summed E-state index contributed by atoms with van der Waals surface area (Å²) in [6, 6.07) is 9.73. The van der Waals surface area contributed by atoms with Crippen molar-refractivity contribution in [3.05, 3.63) is 40.4 Å². The molecule has 7 nitrogen and oxygen atoms in total. The van der Waals surface area contributed by atoms with Crippen LogP contribution in [0.2, 0.25) is 0 Å². The van der Waals surface area contributed by atoms with Crippen LogP contribution in [0.5, 0.6) is 17.2 Å². The maximum atomic E-state index is 6.01. The summed E-state index contributed by atoms with van der Waals surface area (Å²) in [5.74, 6) is 2.03. The molecule has 3 rings (SSSR count). The number of hydrogen-bond donors (Lipinski definition) is 0. The van der Waals surface area contributed by atoms with Crippen LogP contribution < -0.4 is 14.2 Å². The van der Waals surface area contributed by atoms with E-state index in [1.807, 2.05) is 30.3 Å². The molecular weight excluding hydrogens is 492 g/mol. The molecule has 0 spiro atoms. The second-order valence-corrected chi connectivity index (χ2v) is 8.48. The zero-order valence-electron chi connectivity index (χ0n) is 19.6. The Morgan fingerprint density at radius 3 is 2.48 bits per heavy atom. The molecule has 182 valence electrons. The Morgan fingerprint density at radius 2 is 1.79 bits per heavy atom. The Bertz CT molecular complexity index is 868. The van der Waals surface area contributed by atoms with Crippen LogP contribution in [0.4, 0.5) is 0 Å². The van der Waals surface area contributed by atoms with Crippen LogP contribution in [0, 0.1) is 0 Å². The number of rotatable bonds is 13. The molecule has 0 N–H and O–H groups in total. The number of hydrogen-bond acceptors (Lipinski definition) is 7.